The monoisotopic (exact) mass is 417 g/mol. The van der Waals surface area contributed by atoms with E-state index in [1.165, 1.54) is 16.6 Å². The molecule has 0 unspecified atom stereocenters. The molecule has 148 valence electrons. The van der Waals surface area contributed by atoms with Gasteiger partial charge in [0, 0.05) is 15.8 Å². The van der Waals surface area contributed by atoms with Crippen molar-refractivity contribution < 1.29 is 14.3 Å². The Kier molecular flexibility index (Phi) is 6.74. The van der Waals surface area contributed by atoms with Gasteiger partial charge in [-0.15, -0.1) is 11.3 Å². The lowest BCUT2D eigenvalue weighted by atomic mass is 10.1. The van der Waals surface area contributed by atoms with Crippen molar-refractivity contribution in [3.05, 3.63) is 41.0 Å². The highest BCUT2D eigenvalue weighted by molar-refractivity contribution is 8.00. The van der Waals surface area contributed by atoms with Crippen LogP contribution in [0.3, 0.4) is 0 Å². The van der Waals surface area contributed by atoms with Crippen LogP contribution in [0, 0.1) is 0 Å². The molecule has 0 aliphatic rings. The largest absolute Gasteiger partial charge is 0.497 e. The summed E-state index contributed by atoms with van der Waals surface area (Å²) in [6.07, 6.45) is 2.52. The van der Waals surface area contributed by atoms with Gasteiger partial charge in [0.1, 0.15) is 27.7 Å². The van der Waals surface area contributed by atoms with E-state index in [1.54, 1.807) is 31.9 Å². The van der Waals surface area contributed by atoms with Crippen LogP contribution >= 0.6 is 23.1 Å². The van der Waals surface area contributed by atoms with Gasteiger partial charge in [0.25, 0.3) is 0 Å². The van der Waals surface area contributed by atoms with Crippen LogP contribution in [0.15, 0.2) is 35.6 Å². The number of rotatable bonds is 8. The average Bonchev–Trinajstić information content (AvgIpc) is 3.15. The third-order valence-electron chi connectivity index (χ3n) is 4.31. The molecule has 0 fully saturated rings. The second kappa shape index (κ2) is 9.25. The molecule has 8 heteroatoms. The molecule has 0 radical (unpaired) electrons. The number of amides is 1. The lowest BCUT2D eigenvalue weighted by Crippen LogP contribution is -2.28. The number of carbonyl (C=O) groups excluding carboxylic acids is 1. The summed E-state index contributed by atoms with van der Waals surface area (Å²) in [5, 5.41) is 4.87. The number of hydrogen-bond acceptors (Lipinski definition) is 7. The van der Waals surface area contributed by atoms with E-state index < -0.39 is 0 Å². The number of methoxy groups -OCH3 is 2. The minimum Gasteiger partial charge on any atom is -0.497 e. The molecule has 2 heterocycles. The number of thiophene rings is 1. The van der Waals surface area contributed by atoms with Crippen LogP contribution in [-0.2, 0) is 11.2 Å². The van der Waals surface area contributed by atoms with Crippen LogP contribution < -0.4 is 14.8 Å². The first kappa shape index (κ1) is 20.4. The fourth-order valence-electron chi connectivity index (χ4n) is 2.85. The molecule has 1 atom stereocenters. The van der Waals surface area contributed by atoms with Crippen LogP contribution in [0.1, 0.15) is 30.3 Å². The second-order valence-corrected chi connectivity index (χ2v) is 8.23. The van der Waals surface area contributed by atoms with Crippen LogP contribution in [0.4, 0.5) is 0 Å². The highest BCUT2D eigenvalue weighted by Crippen LogP contribution is 2.32. The van der Waals surface area contributed by atoms with Gasteiger partial charge in [-0.1, -0.05) is 18.7 Å². The Morgan fingerprint density at radius 2 is 2.07 bits per heavy atom. The maximum absolute atomic E-state index is 12.5. The fourth-order valence-corrected chi connectivity index (χ4v) is 4.63. The maximum atomic E-state index is 12.5. The summed E-state index contributed by atoms with van der Waals surface area (Å²) >= 11 is 3.09. The van der Waals surface area contributed by atoms with Gasteiger partial charge < -0.3 is 14.8 Å². The number of thioether (sulfide) groups is 1. The van der Waals surface area contributed by atoms with E-state index in [-0.39, 0.29) is 17.7 Å². The molecule has 0 saturated carbocycles. The van der Waals surface area contributed by atoms with Gasteiger partial charge in [0.05, 0.1) is 26.0 Å². The number of nitrogens with zero attached hydrogens (tertiary/aromatic N) is 2. The summed E-state index contributed by atoms with van der Waals surface area (Å²) in [4.78, 5) is 23.4. The molecule has 1 amide bonds. The van der Waals surface area contributed by atoms with E-state index in [0.29, 0.717) is 5.75 Å². The number of carbonyl (C=O) groups is 1. The molecule has 3 aromatic rings. The minimum atomic E-state index is -0.212. The first-order valence-electron chi connectivity index (χ1n) is 8.93. The van der Waals surface area contributed by atoms with Crippen LogP contribution in [-0.4, -0.2) is 35.8 Å². The third kappa shape index (κ3) is 4.56. The number of benzene rings is 1. The molecule has 28 heavy (non-hydrogen) atoms. The molecule has 3 rings (SSSR count). The summed E-state index contributed by atoms with van der Waals surface area (Å²) in [7, 11) is 3.23. The summed E-state index contributed by atoms with van der Waals surface area (Å²) in [6, 6.07) is 7.45. The molecule has 0 bridgehead atoms. The van der Waals surface area contributed by atoms with E-state index in [1.807, 2.05) is 25.1 Å². The molecular weight excluding hydrogens is 394 g/mol. The van der Waals surface area contributed by atoms with Gasteiger partial charge in [0.2, 0.25) is 5.91 Å². The molecule has 1 aromatic carbocycles. The number of nitrogens with one attached hydrogen (secondary N) is 1. The quantitative estimate of drug-likeness (QED) is 0.437. The number of aryl methyl sites for hydroxylation is 1. The Morgan fingerprint density at radius 3 is 2.79 bits per heavy atom. The zero-order chi connectivity index (χ0) is 20.1. The third-order valence-corrected chi connectivity index (χ3v) is 6.51. The normalized spacial score (nSPS) is 12.0. The van der Waals surface area contributed by atoms with E-state index >= 15 is 0 Å². The molecule has 1 N–H and O–H groups in total. The number of ether oxygens (including phenoxy) is 2. The van der Waals surface area contributed by atoms with Crippen molar-refractivity contribution in [1.82, 2.24) is 15.3 Å². The molecule has 0 aliphatic heterocycles. The summed E-state index contributed by atoms with van der Waals surface area (Å²) in [5.74, 6) is 1.64. The predicted molar refractivity (Wildman–Crippen MR) is 114 cm³/mol. The topological polar surface area (TPSA) is 73.3 Å². The molecule has 0 spiro atoms. The zero-order valence-corrected chi connectivity index (χ0v) is 17.9. The van der Waals surface area contributed by atoms with Gasteiger partial charge in [0.15, 0.2) is 0 Å². The maximum Gasteiger partial charge on any atom is 0.230 e. The Labute approximate surface area is 172 Å². The molecule has 2 aromatic heterocycles. The van der Waals surface area contributed by atoms with Crippen LogP contribution in [0.5, 0.6) is 11.5 Å². The van der Waals surface area contributed by atoms with Crippen molar-refractivity contribution in [2.75, 3.05) is 20.0 Å². The Morgan fingerprint density at radius 1 is 1.25 bits per heavy atom. The SMILES string of the molecule is CCc1cc2c(SCC(=O)N[C@H](C)c3cc(OC)ccc3OC)ncnc2s1. The summed E-state index contributed by atoms with van der Waals surface area (Å²) in [5.41, 5.74) is 0.870. The highest BCUT2D eigenvalue weighted by atomic mass is 32.2. The highest BCUT2D eigenvalue weighted by Gasteiger charge is 2.16. The molecule has 0 saturated heterocycles. The standard InChI is InChI=1S/C20H23N3O3S2/c1-5-14-9-16-19(21-11-22-20(16)28-14)27-10-18(24)23-12(2)15-8-13(25-3)6-7-17(15)26-4/h6-9,11-12H,5,10H2,1-4H3,(H,23,24)/t12-/m1/s1. The number of aromatic nitrogens is 2. The van der Waals surface area contributed by atoms with Gasteiger partial charge in [-0.05, 0) is 37.6 Å². The molecular formula is C20H23N3O3S2. The smallest absolute Gasteiger partial charge is 0.230 e. The van der Waals surface area contributed by atoms with Crippen molar-refractivity contribution in [3.8, 4) is 11.5 Å². The van der Waals surface area contributed by atoms with Gasteiger partial charge >= 0.3 is 0 Å². The van der Waals surface area contributed by atoms with Gasteiger partial charge in [-0.25, -0.2) is 9.97 Å². The van der Waals surface area contributed by atoms with E-state index in [0.717, 1.165) is 33.0 Å². The first-order chi connectivity index (χ1) is 13.5. The summed E-state index contributed by atoms with van der Waals surface area (Å²) < 4.78 is 10.7. The van der Waals surface area contributed by atoms with E-state index in [2.05, 4.69) is 28.3 Å². The lowest BCUT2D eigenvalue weighted by Gasteiger charge is -2.18. The van der Waals surface area contributed by atoms with Crippen molar-refractivity contribution in [2.24, 2.45) is 0 Å². The van der Waals surface area contributed by atoms with Crippen LogP contribution in [0.2, 0.25) is 0 Å². The van der Waals surface area contributed by atoms with Crippen molar-refractivity contribution >= 4 is 39.2 Å². The lowest BCUT2D eigenvalue weighted by molar-refractivity contribution is -0.119. The molecule has 6 nitrogen and oxygen atoms in total. The fraction of sp³-hybridized carbons (Fsp3) is 0.350. The van der Waals surface area contributed by atoms with Crippen molar-refractivity contribution in [1.29, 1.82) is 0 Å². The second-order valence-electron chi connectivity index (χ2n) is 6.15. The zero-order valence-electron chi connectivity index (χ0n) is 16.3. The van der Waals surface area contributed by atoms with E-state index in [4.69, 9.17) is 9.47 Å². The van der Waals surface area contributed by atoms with Crippen molar-refractivity contribution in [3.63, 3.8) is 0 Å². The number of fused-ring (bicyclic) bond motifs is 1. The summed E-state index contributed by atoms with van der Waals surface area (Å²) in [6.45, 7) is 4.04. The molecule has 0 aliphatic carbocycles. The average molecular weight is 418 g/mol. The first-order valence-corrected chi connectivity index (χ1v) is 10.7. The Balaban J connectivity index is 1.67. The van der Waals surface area contributed by atoms with E-state index in [9.17, 15) is 4.79 Å². The number of hydrogen-bond donors (Lipinski definition) is 1. The Hall–Kier alpha value is -2.32. The van der Waals surface area contributed by atoms with Gasteiger partial charge in [-0.3, -0.25) is 4.79 Å². The van der Waals surface area contributed by atoms with Crippen molar-refractivity contribution in [2.45, 2.75) is 31.3 Å². The Bertz CT molecular complexity index is 974. The van der Waals surface area contributed by atoms with Gasteiger partial charge in [-0.2, -0.15) is 0 Å². The predicted octanol–water partition coefficient (Wildman–Crippen LogP) is 4.24. The van der Waals surface area contributed by atoms with Crippen LogP contribution in [0.25, 0.3) is 10.2 Å². The minimum absolute atomic E-state index is 0.0694.